The Morgan fingerprint density at radius 2 is 1.19 bits per heavy atom. The van der Waals surface area contributed by atoms with Gasteiger partial charge in [0.25, 0.3) is 0 Å². The Kier molecular flexibility index (Phi) is 15.0. The molecule has 2 saturated heterocycles. The highest BCUT2D eigenvalue weighted by Crippen LogP contribution is 2.38. The summed E-state index contributed by atoms with van der Waals surface area (Å²) in [6.07, 6.45) is 14.9. The molecule has 0 aliphatic carbocycles. The maximum atomic E-state index is 12.5. The lowest BCUT2D eigenvalue weighted by Gasteiger charge is -2.41. The van der Waals surface area contributed by atoms with Crippen molar-refractivity contribution in [3.05, 3.63) is 0 Å². The van der Waals surface area contributed by atoms with Gasteiger partial charge in [0.15, 0.2) is 16.7 Å². The molecule has 2 fully saturated rings. The third kappa shape index (κ3) is 12.3. The van der Waals surface area contributed by atoms with E-state index in [1.165, 1.54) is 76.0 Å². The highest BCUT2D eigenvalue weighted by molar-refractivity contribution is 8.14. The molecule has 2 rings (SSSR count). The van der Waals surface area contributed by atoms with Gasteiger partial charge in [-0.25, -0.2) is 0 Å². The summed E-state index contributed by atoms with van der Waals surface area (Å²) >= 11 is 1.40. The van der Waals surface area contributed by atoms with Crippen LogP contribution in [-0.4, -0.2) is 71.4 Å². The molecule has 0 aromatic carbocycles. The van der Waals surface area contributed by atoms with E-state index in [0.717, 1.165) is 25.9 Å². The van der Waals surface area contributed by atoms with E-state index in [2.05, 4.69) is 18.7 Å². The maximum absolute atomic E-state index is 12.5. The van der Waals surface area contributed by atoms with E-state index < -0.39 is 11.6 Å². The third-order valence-electron chi connectivity index (χ3n) is 7.47. The topological polar surface area (TPSA) is 57.2 Å². The van der Waals surface area contributed by atoms with Gasteiger partial charge in [-0.15, -0.1) is 0 Å². The molecule has 0 bridgehead atoms. The van der Waals surface area contributed by atoms with E-state index in [1.54, 1.807) is 6.92 Å². The van der Waals surface area contributed by atoms with Gasteiger partial charge in [0.2, 0.25) is 0 Å². The minimum atomic E-state index is -0.638. The first-order chi connectivity index (χ1) is 17.6. The number of rotatable bonds is 19. The minimum Gasteiger partial charge on any atom is -0.348 e. The summed E-state index contributed by atoms with van der Waals surface area (Å²) in [6, 6.07) is 0.0180. The molecule has 0 N–H and O–H groups in total. The zero-order chi connectivity index (χ0) is 27.3. The zero-order valence-electron chi connectivity index (χ0n) is 25.0. The second-order valence-electron chi connectivity index (χ2n) is 11.9. The van der Waals surface area contributed by atoms with Gasteiger partial charge >= 0.3 is 0 Å². The highest BCUT2D eigenvalue weighted by Gasteiger charge is 2.49. The van der Waals surface area contributed by atoms with Crippen LogP contribution >= 0.6 is 11.8 Å². The molecule has 2 aliphatic heterocycles. The molecule has 0 saturated carbocycles. The fraction of sp³-hybridized carbons (Fsp3) is 0.967. The summed E-state index contributed by atoms with van der Waals surface area (Å²) in [5, 5.41) is 0.0301. The van der Waals surface area contributed by atoms with Crippen molar-refractivity contribution in [1.82, 2.24) is 4.90 Å². The van der Waals surface area contributed by atoms with Crippen molar-refractivity contribution in [2.75, 3.05) is 26.3 Å². The van der Waals surface area contributed by atoms with Crippen LogP contribution in [0.2, 0.25) is 0 Å². The highest BCUT2D eigenvalue weighted by atomic mass is 32.2. The fourth-order valence-electron chi connectivity index (χ4n) is 5.57. The van der Waals surface area contributed by atoms with Crippen LogP contribution < -0.4 is 0 Å². The lowest BCUT2D eigenvalue weighted by molar-refractivity contribution is -0.154. The van der Waals surface area contributed by atoms with Gasteiger partial charge in [-0.2, -0.15) is 0 Å². The molecule has 6 nitrogen and oxygen atoms in total. The number of ether oxygens (including phenoxy) is 4. The van der Waals surface area contributed by atoms with Crippen LogP contribution in [0.15, 0.2) is 0 Å². The Hall–Kier alpha value is -0.180. The monoisotopic (exact) mass is 543 g/mol. The normalized spacial score (nSPS) is 24.5. The summed E-state index contributed by atoms with van der Waals surface area (Å²) in [4.78, 5) is 15.2. The van der Waals surface area contributed by atoms with Gasteiger partial charge < -0.3 is 18.9 Å². The number of carbonyl (C=O) groups excluding carboxylic acids is 1. The predicted molar refractivity (Wildman–Crippen MR) is 154 cm³/mol. The van der Waals surface area contributed by atoms with E-state index in [1.807, 2.05) is 27.7 Å². The van der Waals surface area contributed by atoms with Gasteiger partial charge in [0, 0.05) is 6.92 Å². The van der Waals surface area contributed by atoms with Gasteiger partial charge in [-0.05, 0) is 53.6 Å². The zero-order valence-corrected chi connectivity index (χ0v) is 25.8. The van der Waals surface area contributed by atoms with E-state index in [9.17, 15) is 4.79 Å². The number of thioether (sulfide) groups is 1. The second-order valence-corrected chi connectivity index (χ2v) is 13.2. The third-order valence-corrected chi connectivity index (χ3v) is 8.65. The summed E-state index contributed by atoms with van der Waals surface area (Å²) in [5.74, 6) is -1.26. The number of carbonyl (C=O) groups is 1. The van der Waals surface area contributed by atoms with E-state index in [4.69, 9.17) is 18.9 Å². The first-order valence-electron chi connectivity index (χ1n) is 15.1. The number of unbranched alkanes of at least 4 members (excludes halogenated alkanes) is 10. The number of hydrogen-bond donors (Lipinski definition) is 0. The largest absolute Gasteiger partial charge is 0.348 e. The molecule has 0 spiro atoms. The van der Waals surface area contributed by atoms with E-state index in [-0.39, 0.29) is 28.6 Å². The standard InChI is InChI=1S/C30H57NO5S/c1-8-10-12-14-16-18-20-31(21-19-17-15-13-11-9-2)27(25-22-33-29(4,5)35-25)28(37-24(3)32)26-23-34-30(6,7)36-26/h25-28H,8-23H2,1-7H3/t25?,26?,27-,28+/m0/s1. The molecular weight excluding hydrogens is 486 g/mol. The quantitative estimate of drug-likeness (QED) is 0.158. The van der Waals surface area contributed by atoms with Crippen LogP contribution in [0.25, 0.3) is 0 Å². The van der Waals surface area contributed by atoms with Gasteiger partial charge in [-0.3, -0.25) is 9.69 Å². The lowest BCUT2D eigenvalue weighted by Crippen LogP contribution is -2.56. The Morgan fingerprint density at radius 1 is 0.757 bits per heavy atom. The fourth-order valence-corrected chi connectivity index (χ4v) is 6.73. The van der Waals surface area contributed by atoms with Gasteiger partial charge in [0.05, 0.1) is 30.6 Å². The predicted octanol–water partition coefficient (Wildman–Crippen LogP) is 7.33. The molecule has 0 aromatic heterocycles. The van der Waals surface area contributed by atoms with Crippen LogP contribution in [0.3, 0.4) is 0 Å². The molecule has 0 radical (unpaired) electrons. The summed E-state index contributed by atoms with van der Waals surface area (Å²) in [7, 11) is 0. The van der Waals surface area contributed by atoms with Gasteiger partial charge in [0.1, 0.15) is 6.10 Å². The maximum Gasteiger partial charge on any atom is 0.186 e. The molecule has 2 heterocycles. The molecule has 2 unspecified atom stereocenters. The van der Waals surface area contributed by atoms with E-state index >= 15 is 0 Å². The first-order valence-corrected chi connectivity index (χ1v) is 16.0. The van der Waals surface area contributed by atoms with Crippen molar-refractivity contribution in [2.45, 2.75) is 161 Å². The van der Waals surface area contributed by atoms with Crippen molar-refractivity contribution in [2.24, 2.45) is 0 Å². The summed E-state index contributed by atoms with van der Waals surface area (Å²) < 4.78 is 24.9. The molecule has 0 amide bonds. The van der Waals surface area contributed by atoms with E-state index in [0.29, 0.717) is 13.2 Å². The SMILES string of the molecule is CCCCCCCCN(CCCCCCCC)[C@@H](C1COC(C)(C)O1)[C@H](SC(C)=O)C1COC(C)(C)O1. The second kappa shape index (κ2) is 16.8. The Bertz CT molecular complexity index is 627. The molecule has 0 aromatic rings. The minimum absolute atomic E-state index is 0.0180. The Balaban J connectivity index is 2.23. The molecule has 218 valence electrons. The van der Waals surface area contributed by atoms with Crippen molar-refractivity contribution in [1.29, 1.82) is 0 Å². The molecule has 2 aliphatic rings. The van der Waals surface area contributed by atoms with Gasteiger partial charge in [-0.1, -0.05) is 89.8 Å². The van der Waals surface area contributed by atoms with Crippen LogP contribution in [0.4, 0.5) is 0 Å². The average Bonchev–Trinajstić information content (AvgIpc) is 3.37. The Morgan fingerprint density at radius 3 is 1.59 bits per heavy atom. The lowest BCUT2D eigenvalue weighted by atomic mass is 9.99. The van der Waals surface area contributed by atoms with Crippen LogP contribution in [0.5, 0.6) is 0 Å². The van der Waals surface area contributed by atoms with Crippen molar-refractivity contribution >= 4 is 16.9 Å². The molecule has 4 atom stereocenters. The first kappa shape index (κ1) is 33.0. The number of hydrogen-bond acceptors (Lipinski definition) is 7. The Labute approximate surface area is 232 Å². The van der Waals surface area contributed by atoms with Crippen LogP contribution in [-0.2, 0) is 23.7 Å². The van der Waals surface area contributed by atoms with Crippen LogP contribution in [0, 0.1) is 0 Å². The smallest absolute Gasteiger partial charge is 0.186 e. The molecular formula is C30H57NO5S. The van der Waals surface area contributed by atoms with Crippen molar-refractivity contribution < 1.29 is 23.7 Å². The number of nitrogens with zero attached hydrogens (tertiary/aromatic N) is 1. The van der Waals surface area contributed by atoms with Crippen LogP contribution in [0.1, 0.15) is 126 Å². The van der Waals surface area contributed by atoms with Crippen molar-refractivity contribution in [3.8, 4) is 0 Å². The molecule has 37 heavy (non-hydrogen) atoms. The summed E-state index contributed by atoms with van der Waals surface area (Å²) in [6.45, 7) is 17.1. The average molecular weight is 544 g/mol. The summed E-state index contributed by atoms with van der Waals surface area (Å²) in [5.41, 5.74) is 0. The van der Waals surface area contributed by atoms with Crippen molar-refractivity contribution in [3.63, 3.8) is 0 Å². The molecule has 7 heteroatoms.